The summed E-state index contributed by atoms with van der Waals surface area (Å²) in [5, 5.41) is 6.64. The molecule has 1 aromatic rings. The predicted molar refractivity (Wildman–Crippen MR) is 107 cm³/mol. The maximum atomic E-state index is 14.0. The Morgan fingerprint density at radius 3 is 2.89 bits per heavy atom. The number of hydrogen-bond donors (Lipinski definition) is 2. The zero-order valence-corrected chi connectivity index (χ0v) is 16.4. The fourth-order valence-electron chi connectivity index (χ4n) is 3.74. The third kappa shape index (κ3) is 5.33. The van der Waals surface area contributed by atoms with Crippen LogP contribution in [0.5, 0.6) is 0 Å². The Morgan fingerprint density at radius 2 is 2.18 bits per heavy atom. The van der Waals surface area contributed by atoms with Crippen molar-refractivity contribution in [3.8, 4) is 0 Å². The summed E-state index contributed by atoms with van der Waals surface area (Å²) in [6, 6.07) is 3.84. The minimum Gasteiger partial charge on any atom is -0.367 e. The van der Waals surface area contributed by atoms with Gasteiger partial charge in [0.05, 0.1) is 5.69 Å². The van der Waals surface area contributed by atoms with E-state index in [-0.39, 0.29) is 11.9 Å². The topological polar surface area (TPSA) is 60.0 Å². The van der Waals surface area contributed by atoms with Gasteiger partial charge in [0.2, 0.25) is 5.91 Å². The van der Waals surface area contributed by atoms with E-state index in [2.05, 4.69) is 15.6 Å². The first-order chi connectivity index (χ1) is 13.6. The van der Waals surface area contributed by atoms with E-state index < -0.39 is 11.6 Å². The molecule has 2 N–H and O–H groups in total. The molecular formula is C20H29F2N5O. The fourth-order valence-corrected chi connectivity index (χ4v) is 3.74. The summed E-state index contributed by atoms with van der Waals surface area (Å²) in [5.74, 6) is -0.111. The fraction of sp³-hybridized carbons (Fsp3) is 0.600. The van der Waals surface area contributed by atoms with Gasteiger partial charge in [-0.2, -0.15) is 0 Å². The second-order valence-electron chi connectivity index (χ2n) is 7.27. The molecule has 2 aliphatic heterocycles. The third-order valence-electron chi connectivity index (χ3n) is 5.15. The summed E-state index contributed by atoms with van der Waals surface area (Å²) in [5.41, 5.74) is 0.433. The normalized spacial score (nSPS) is 20.2. The highest BCUT2D eigenvalue weighted by molar-refractivity contribution is 5.80. The lowest BCUT2D eigenvalue weighted by Crippen LogP contribution is -2.44. The Bertz CT molecular complexity index is 712. The first-order valence-electron chi connectivity index (χ1n) is 10.1. The first-order valence-corrected chi connectivity index (χ1v) is 10.1. The van der Waals surface area contributed by atoms with Crippen LogP contribution >= 0.6 is 0 Å². The number of nitrogens with zero attached hydrogens (tertiary/aromatic N) is 3. The summed E-state index contributed by atoms with van der Waals surface area (Å²) >= 11 is 0. The largest absolute Gasteiger partial charge is 0.367 e. The number of carbonyl (C=O) groups excluding carboxylic acids is 1. The molecule has 2 heterocycles. The zero-order chi connectivity index (χ0) is 19.9. The monoisotopic (exact) mass is 393 g/mol. The summed E-state index contributed by atoms with van der Waals surface area (Å²) in [6.45, 7) is 6.35. The Kier molecular flexibility index (Phi) is 7.06. The molecule has 6 nitrogen and oxygen atoms in total. The van der Waals surface area contributed by atoms with Crippen LogP contribution in [0.25, 0.3) is 0 Å². The molecule has 0 spiro atoms. The smallest absolute Gasteiger partial charge is 0.222 e. The van der Waals surface area contributed by atoms with E-state index >= 15 is 0 Å². The van der Waals surface area contributed by atoms with Crippen LogP contribution in [0, 0.1) is 11.6 Å². The zero-order valence-electron chi connectivity index (χ0n) is 16.4. The molecule has 0 aliphatic carbocycles. The molecule has 0 bridgehead atoms. The van der Waals surface area contributed by atoms with Gasteiger partial charge in [-0.3, -0.25) is 9.79 Å². The van der Waals surface area contributed by atoms with Gasteiger partial charge in [-0.15, -0.1) is 0 Å². The van der Waals surface area contributed by atoms with Crippen molar-refractivity contribution in [2.45, 2.75) is 38.6 Å². The number of amides is 1. The van der Waals surface area contributed by atoms with Crippen molar-refractivity contribution < 1.29 is 13.6 Å². The lowest BCUT2D eigenvalue weighted by molar-refractivity contribution is -0.127. The number of carbonyl (C=O) groups is 1. The molecule has 0 saturated carbocycles. The molecular weight excluding hydrogens is 364 g/mol. The average Bonchev–Trinajstić information content (AvgIpc) is 3.28. The molecule has 3 rings (SSSR count). The highest BCUT2D eigenvalue weighted by atomic mass is 19.1. The van der Waals surface area contributed by atoms with Crippen molar-refractivity contribution in [1.82, 2.24) is 15.5 Å². The predicted octanol–water partition coefficient (Wildman–Crippen LogP) is 2.11. The highest BCUT2D eigenvalue weighted by Gasteiger charge is 2.25. The standard InChI is InChI=1S/C20H29F2N5O/c1-2-23-20(24-9-4-11-26-10-3-5-19(26)28)25-16-8-12-27(14-16)18-7-6-15(21)13-17(18)22/h6-7,13,16H,2-5,8-12,14H2,1H3,(H2,23,24,25). The number of rotatable bonds is 7. The molecule has 1 atom stereocenters. The molecule has 1 amide bonds. The van der Waals surface area contributed by atoms with E-state index in [0.29, 0.717) is 31.7 Å². The van der Waals surface area contributed by atoms with Gasteiger partial charge in [0.25, 0.3) is 0 Å². The van der Waals surface area contributed by atoms with Gasteiger partial charge < -0.3 is 20.4 Å². The van der Waals surface area contributed by atoms with Crippen molar-refractivity contribution in [2.24, 2.45) is 4.99 Å². The Hall–Kier alpha value is -2.38. The number of anilines is 1. The molecule has 2 fully saturated rings. The Balaban J connectivity index is 1.49. The number of likely N-dealkylation sites (tertiary alicyclic amines) is 1. The number of guanidine groups is 1. The van der Waals surface area contributed by atoms with E-state index in [9.17, 15) is 13.6 Å². The molecule has 154 valence electrons. The molecule has 0 aromatic heterocycles. The van der Waals surface area contributed by atoms with Crippen molar-refractivity contribution >= 4 is 17.6 Å². The molecule has 28 heavy (non-hydrogen) atoms. The minimum absolute atomic E-state index is 0.141. The van der Waals surface area contributed by atoms with Crippen LogP contribution < -0.4 is 15.5 Å². The van der Waals surface area contributed by atoms with E-state index in [1.54, 1.807) is 0 Å². The molecule has 2 aliphatic rings. The van der Waals surface area contributed by atoms with Crippen molar-refractivity contribution in [1.29, 1.82) is 0 Å². The van der Waals surface area contributed by atoms with Crippen molar-refractivity contribution in [2.75, 3.05) is 44.2 Å². The number of halogens is 2. The van der Waals surface area contributed by atoms with Crippen molar-refractivity contribution in [3.63, 3.8) is 0 Å². The van der Waals surface area contributed by atoms with Crippen LogP contribution in [-0.4, -0.2) is 62.1 Å². The molecule has 1 aromatic carbocycles. The van der Waals surface area contributed by atoms with E-state index in [0.717, 1.165) is 50.9 Å². The number of benzene rings is 1. The summed E-state index contributed by atoms with van der Waals surface area (Å²) in [4.78, 5) is 20.1. The molecule has 2 saturated heterocycles. The van der Waals surface area contributed by atoms with Gasteiger partial charge in [-0.1, -0.05) is 0 Å². The van der Waals surface area contributed by atoms with E-state index in [4.69, 9.17) is 0 Å². The van der Waals surface area contributed by atoms with Crippen LogP contribution in [0.2, 0.25) is 0 Å². The van der Waals surface area contributed by atoms with Crippen LogP contribution in [0.4, 0.5) is 14.5 Å². The van der Waals surface area contributed by atoms with E-state index in [1.807, 2.05) is 16.7 Å². The molecule has 1 unspecified atom stereocenters. The molecule has 8 heteroatoms. The van der Waals surface area contributed by atoms with Gasteiger partial charge >= 0.3 is 0 Å². The summed E-state index contributed by atoms with van der Waals surface area (Å²) in [6.07, 6.45) is 3.31. The summed E-state index contributed by atoms with van der Waals surface area (Å²) < 4.78 is 27.1. The SMILES string of the molecule is CCNC(=NCCCN1CCCC1=O)NC1CCN(c2ccc(F)cc2F)C1. The first kappa shape index (κ1) is 20.4. The Labute approximate surface area is 165 Å². The van der Waals surface area contributed by atoms with Crippen LogP contribution in [0.15, 0.2) is 23.2 Å². The average molecular weight is 393 g/mol. The van der Waals surface area contributed by atoms with Crippen LogP contribution in [-0.2, 0) is 4.79 Å². The third-order valence-corrected chi connectivity index (χ3v) is 5.15. The lowest BCUT2D eigenvalue weighted by Gasteiger charge is -2.21. The maximum Gasteiger partial charge on any atom is 0.222 e. The van der Waals surface area contributed by atoms with Gasteiger partial charge in [0.1, 0.15) is 11.6 Å². The quantitative estimate of drug-likeness (QED) is 0.423. The second kappa shape index (κ2) is 9.71. The second-order valence-corrected chi connectivity index (χ2v) is 7.27. The summed E-state index contributed by atoms with van der Waals surface area (Å²) in [7, 11) is 0. The van der Waals surface area contributed by atoms with Crippen LogP contribution in [0.1, 0.15) is 32.6 Å². The minimum atomic E-state index is -0.563. The van der Waals surface area contributed by atoms with Crippen molar-refractivity contribution in [3.05, 3.63) is 29.8 Å². The number of aliphatic imine (C=N–C) groups is 1. The van der Waals surface area contributed by atoms with Gasteiger partial charge in [-0.25, -0.2) is 8.78 Å². The van der Waals surface area contributed by atoms with Crippen LogP contribution in [0.3, 0.4) is 0 Å². The lowest BCUT2D eigenvalue weighted by atomic mass is 10.2. The number of hydrogen-bond acceptors (Lipinski definition) is 3. The number of nitrogens with one attached hydrogen (secondary N) is 2. The van der Waals surface area contributed by atoms with Gasteiger partial charge in [0.15, 0.2) is 5.96 Å². The van der Waals surface area contributed by atoms with E-state index in [1.165, 1.54) is 12.1 Å². The Morgan fingerprint density at radius 1 is 1.32 bits per heavy atom. The highest BCUT2D eigenvalue weighted by Crippen LogP contribution is 2.24. The maximum absolute atomic E-state index is 14.0. The van der Waals surface area contributed by atoms with Gasteiger partial charge in [-0.05, 0) is 38.3 Å². The molecule has 0 radical (unpaired) electrons. The van der Waals surface area contributed by atoms with Gasteiger partial charge in [0, 0.05) is 57.8 Å².